The van der Waals surface area contributed by atoms with E-state index >= 15 is 0 Å². The first-order valence-electron chi connectivity index (χ1n) is 8.18. The van der Waals surface area contributed by atoms with Crippen molar-refractivity contribution in [3.63, 3.8) is 0 Å². The van der Waals surface area contributed by atoms with E-state index in [1.165, 1.54) is 0 Å². The number of nitrogens with zero attached hydrogens (tertiary/aromatic N) is 1. The van der Waals surface area contributed by atoms with Gasteiger partial charge >= 0.3 is 0 Å². The van der Waals surface area contributed by atoms with Gasteiger partial charge in [0.15, 0.2) is 0 Å². The second-order valence-corrected chi connectivity index (χ2v) is 6.91. The van der Waals surface area contributed by atoms with Crippen LogP contribution in [0.5, 0.6) is 0 Å². The summed E-state index contributed by atoms with van der Waals surface area (Å²) in [6.45, 7) is 2.02. The van der Waals surface area contributed by atoms with Crippen LogP contribution in [-0.4, -0.2) is 5.91 Å². The van der Waals surface area contributed by atoms with Crippen LogP contribution in [-0.2, 0) is 0 Å². The van der Waals surface area contributed by atoms with Crippen LogP contribution in [0.15, 0.2) is 95.5 Å². The maximum Gasteiger partial charge on any atom is 0.262 e. The second kappa shape index (κ2) is 6.61. The van der Waals surface area contributed by atoms with Crippen molar-refractivity contribution >= 4 is 28.3 Å². The summed E-state index contributed by atoms with van der Waals surface area (Å²) in [7, 11) is 0. The average Bonchev–Trinajstić information content (AvgIpc) is 2.68. The van der Waals surface area contributed by atoms with Gasteiger partial charge < -0.3 is 0 Å². The van der Waals surface area contributed by atoms with Crippen LogP contribution in [0.1, 0.15) is 22.8 Å². The highest BCUT2D eigenvalue weighted by Gasteiger charge is 2.29. The number of hydrogen-bond acceptors (Lipinski definition) is 2. The smallest absolute Gasteiger partial charge is 0.262 e. The van der Waals surface area contributed by atoms with Gasteiger partial charge in [0, 0.05) is 21.1 Å². The van der Waals surface area contributed by atoms with Gasteiger partial charge in [0.25, 0.3) is 5.91 Å². The van der Waals surface area contributed by atoms with Crippen LogP contribution in [0.3, 0.4) is 0 Å². The minimum Gasteiger partial charge on any atom is -0.279 e. The van der Waals surface area contributed by atoms with Crippen molar-refractivity contribution in [2.45, 2.75) is 11.8 Å². The molecule has 4 rings (SSSR count). The Balaban J connectivity index is 1.87. The molecule has 0 aromatic heterocycles. The molecule has 122 valence electrons. The molecule has 0 saturated heterocycles. The summed E-state index contributed by atoms with van der Waals surface area (Å²) in [5.74, 6) is -0.000666. The molecule has 1 aliphatic heterocycles. The van der Waals surface area contributed by atoms with Crippen LogP contribution >= 0.6 is 11.8 Å². The fraction of sp³-hybridized carbons (Fsp3) is 0.0455. The van der Waals surface area contributed by atoms with Crippen LogP contribution < -0.4 is 4.90 Å². The van der Waals surface area contributed by atoms with Gasteiger partial charge in [0.1, 0.15) is 0 Å². The minimum atomic E-state index is -0.000666. The number of fused-ring (bicyclic) bond motifs is 1. The third-order valence-electron chi connectivity index (χ3n) is 4.24. The standard InChI is InChI=1S/C22H17NOS/c1-16-21(17-10-4-2-5-11-17)25-20-15-9-8-14-19(20)23(16)22(24)18-12-6-3-7-13-18/h2-15H,1H3. The molecule has 0 unspecified atom stereocenters. The van der Waals surface area contributed by atoms with Gasteiger partial charge in [-0.25, -0.2) is 0 Å². The summed E-state index contributed by atoms with van der Waals surface area (Å²) >= 11 is 1.72. The van der Waals surface area contributed by atoms with E-state index in [9.17, 15) is 4.79 Å². The molecule has 1 aliphatic rings. The highest BCUT2D eigenvalue weighted by molar-refractivity contribution is 8.08. The Morgan fingerprint density at radius 2 is 1.40 bits per heavy atom. The molecule has 0 spiro atoms. The molecule has 0 bridgehead atoms. The molecule has 0 N–H and O–H groups in total. The summed E-state index contributed by atoms with van der Waals surface area (Å²) in [6, 6.07) is 27.8. The van der Waals surface area contributed by atoms with E-state index in [4.69, 9.17) is 0 Å². The summed E-state index contributed by atoms with van der Waals surface area (Å²) in [4.78, 5) is 17.3. The lowest BCUT2D eigenvalue weighted by molar-refractivity contribution is 0.0994. The zero-order valence-electron chi connectivity index (χ0n) is 13.8. The van der Waals surface area contributed by atoms with Crippen molar-refractivity contribution in [2.24, 2.45) is 0 Å². The number of para-hydroxylation sites is 1. The van der Waals surface area contributed by atoms with E-state index in [0.29, 0.717) is 5.56 Å². The lowest BCUT2D eigenvalue weighted by Gasteiger charge is -2.32. The number of amides is 1. The van der Waals surface area contributed by atoms with Crippen molar-refractivity contribution in [3.05, 3.63) is 102 Å². The Bertz CT molecular complexity index is 948. The first kappa shape index (κ1) is 15.7. The Labute approximate surface area is 151 Å². The number of thioether (sulfide) groups is 1. The molecule has 3 aromatic rings. The number of rotatable bonds is 2. The van der Waals surface area contributed by atoms with E-state index in [0.717, 1.165) is 26.7 Å². The van der Waals surface area contributed by atoms with E-state index in [-0.39, 0.29) is 5.91 Å². The normalized spacial score (nSPS) is 13.6. The first-order chi connectivity index (χ1) is 12.3. The molecular formula is C22H17NOS. The number of carbonyl (C=O) groups excluding carboxylic acids is 1. The third-order valence-corrected chi connectivity index (χ3v) is 5.54. The molecule has 25 heavy (non-hydrogen) atoms. The van der Waals surface area contributed by atoms with Gasteiger partial charge in [-0.2, -0.15) is 0 Å². The fourth-order valence-corrected chi connectivity index (χ4v) is 4.15. The molecule has 2 nitrogen and oxygen atoms in total. The summed E-state index contributed by atoms with van der Waals surface area (Å²) < 4.78 is 0. The maximum absolute atomic E-state index is 13.2. The number of benzene rings is 3. The highest BCUT2D eigenvalue weighted by Crippen LogP contribution is 2.47. The molecule has 1 amide bonds. The SMILES string of the molecule is CC1=C(c2ccccc2)Sc2ccccc2N1C(=O)c1ccccc1. The third kappa shape index (κ3) is 2.87. The zero-order chi connectivity index (χ0) is 17.2. The lowest BCUT2D eigenvalue weighted by Crippen LogP contribution is -2.31. The molecule has 0 fully saturated rings. The van der Waals surface area contributed by atoms with Gasteiger partial charge in [0.2, 0.25) is 0 Å². The predicted molar refractivity (Wildman–Crippen MR) is 105 cm³/mol. The van der Waals surface area contributed by atoms with E-state index in [2.05, 4.69) is 18.2 Å². The molecule has 0 atom stereocenters. The molecule has 1 heterocycles. The Morgan fingerprint density at radius 3 is 2.12 bits per heavy atom. The van der Waals surface area contributed by atoms with Gasteiger partial charge in [-0.3, -0.25) is 9.69 Å². The summed E-state index contributed by atoms with van der Waals surface area (Å²) in [5.41, 5.74) is 3.73. The number of hydrogen-bond donors (Lipinski definition) is 0. The second-order valence-electron chi connectivity index (χ2n) is 5.86. The molecule has 0 saturated carbocycles. The monoisotopic (exact) mass is 343 g/mol. The topological polar surface area (TPSA) is 20.3 Å². The Hall–Kier alpha value is -2.78. The number of carbonyl (C=O) groups is 1. The van der Waals surface area contributed by atoms with Crippen molar-refractivity contribution in [2.75, 3.05) is 4.90 Å². The maximum atomic E-state index is 13.2. The number of allylic oxidation sites excluding steroid dienone is 1. The summed E-state index contributed by atoms with van der Waals surface area (Å²) in [6.07, 6.45) is 0. The van der Waals surface area contributed by atoms with Gasteiger partial charge in [0.05, 0.1) is 5.69 Å². The van der Waals surface area contributed by atoms with Crippen molar-refractivity contribution in [3.8, 4) is 0 Å². The van der Waals surface area contributed by atoms with Crippen LogP contribution in [0, 0.1) is 0 Å². The fourth-order valence-electron chi connectivity index (χ4n) is 3.02. The molecular weight excluding hydrogens is 326 g/mol. The highest BCUT2D eigenvalue weighted by atomic mass is 32.2. The predicted octanol–water partition coefficient (Wildman–Crippen LogP) is 5.83. The average molecular weight is 343 g/mol. The van der Waals surface area contributed by atoms with Gasteiger partial charge in [-0.05, 0) is 36.8 Å². The van der Waals surface area contributed by atoms with Crippen LogP contribution in [0.4, 0.5) is 5.69 Å². The summed E-state index contributed by atoms with van der Waals surface area (Å²) in [5, 5.41) is 0. The van der Waals surface area contributed by atoms with Crippen molar-refractivity contribution in [1.82, 2.24) is 0 Å². The van der Waals surface area contributed by atoms with Crippen LogP contribution in [0.25, 0.3) is 4.91 Å². The van der Waals surface area contributed by atoms with E-state index < -0.39 is 0 Å². The van der Waals surface area contributed by atoms with Gasteiger partial charge in [-0.15, -0.1) is 0 Å². The van der Waals surface area contributed by atoms with Crippen LogP contribution in [0.2, 0.25) is 0 Å². The lowest BCUT2D eigenvalue weighted by atomic mass is 10.1. The van der Waals surface area contributed by atoms with Crippen molar-refractivity contribution in [1.29, 1.82) is 0 Å². The van der Waals surface area contributed by atoms with Gasteiger partial charge in [-0.1, -0.05) is 72.4 Å². The molecule has 0 radical (unpaired) electrons. The Kier molecular flexibility index (Phi) is 4.16. The molecule has 0 aliphatic carbocycles. The largest absolute Gasteiger partial charge is 0.279 e. The molecule has 3 heteroatoms. The van der Waals surface area contributed by atoms with Crippen molar-refractivity contribution < 1.29 is 4.79 Å². The van der Waals surface area contributed by atoms with E-state index in [1.807, 2.05) is 78.6 Å². The quantitative estimate of drug-likeness (QED) is 0.583. The minimum absolute atomic E-state index is 0.000666. The molecule has 3 aromatic carbocycles. The number of anilines is 1. The zero-order valence-corrected chi connectivity index (χ0v) is 14.7. The Morgan fingerprint density at radius 1 is 0.800 bits per heavy atom. The van der Waals surface area contributed by atoms with E-state index in [1.54, 1.807) is 11.8 Å². The first-order valence-corrected chi connectivity index (χ1v) is 9.00.